The number of halogens is 2. The Balaban J connectivity index is 1.56. The largest absolute Gasteiger partial charge is 0.497 e. The number of carbonyl (C=O) groups excluding carboxylic acids is 1. The SMILES string of the molecule is COc1cccc(CSc2nnc(CNC(=O)Nc3ccccc3OC)n2-c2cc(Cl)ccc2Cl)c1. The van der Waals surface area contributed by atoms with Crippen LogP contribution in [0.15, 0.2) is 71.9 Å². The van der Waals surface area contributed by atoms with Crippen LogP contribution in [0.4, 0.5) is 10.5 Å². The van der Waals surface area contributed by atoms with Crippen LogP contribution in [0.2, 0.25) is 10.0 Å². The molecule has 2 N–H and O–H groups in total. The Hall–Kier alpha value is -3.40. The van der Waals surface area contributed by atoms with Crippen molar-refractivity contribution in [1.29, 1.82) is 0 Å². The van der Waals surface area contributed by atoms with Crippen molar-refractivity contribution in [2.45, 2.75) is 17.5 Å². The molecule has 0 aliphatic rings. The van der Waals surface area contributed by atoms with Crippen molar-refractivity contribution in [3.05, 3.63) is 88.2 Å². The zero-order valence-electron chi connectivity index (χ0n) is 19.5. The van der Waals surface area contributed by atoms with Gasteiger partial charge < -0.3 is 20.1 Å². The monoisotopic (exact) mass is 543 g/mol. The second-order valence-corrected chi connectivity index (χ2v) is 9.26. The van der Waals surface area contributed by atoms with Gasteiger partial charge >= 0.3 is 6.03 Å². The Kier molecular flexibility index (Phi) is 8.58. The second-order valence-electron chi connectivity index (χ2n) is 7.48. The summed E-state index contributed by atoms with van der Waals surface area (Å²) in [5, 5.41) is 15.9. The quantitative estimate of drug-likeness (QED) is 0.244. The standard InChI is InChI=1S/C25H23Cl2N5O3S/c1-34-18-7-5-6-16(12-18)15-36-25-31-30-23(32(25)21-13-17(26)10-11-19(21)27)14-28-24(33)29-20-8-3-4-9-22(20)35-2/h3-13H,14-15H2,1-2H3,(H2,28,29,33). The molecule has 3 aromatic carbocycles. The van der Waals surface area contributed by atoms with Gasteiger partial charge in [0, 0.05) is 10.8 Å². The first-order chi connectivity index (χ1) is 17.5. The number of benzene rings is 3. The van der Waals surface area contributed by atoms with Gasteiger partial charge in [-0.3, -0.25) is 4.57 Å². The summed E-state index contributed by atoms with van der Waals surface area (Å²) < 4.78 is 12.4. The van der Waals surface area contributed by atoms with Gasteiger partial charge in [0.15, 0.2) is 11.0 Å². The van der Waals surface area contributed by atoms with E-state index < -0.39 is 6.03 Å². The van der Waals surface area contributed by atoms with E-state index in [1.54, 1.807) is 49.1 Å². The summed E-state index contributed by atoms with van der Waals surface area (Å²) in [5.74, 6) is 2.44. The fourth-order valence-corrected chi connectivity index (χ4v) is 4.67. The molecule has 1 aromatic heterocycles. The summed E-state index contributed by atoms with van der Waals surface area (Å²) in [7, 11) is 3.17. The van der Waals surface area contributed by atoms with Crippen LogP contribution in [0, 0.1) is 0 Å². The van der Waals surface area contributed by atoms with Crippen molar-refractivity contribution >= 4 is 46.7 Å². The number of amides is 2. The molecule has 0 aliphatic carbocycles. The van der Waals surface area contributed by atoms with Crippen molar-refractivity contribution in [3.8, 4) is 17.2 Å². The van der Waals surface area contributed by atoms with Gasteiger partial charge in [-0.25, -0.2) is 4.79 Å². The number of rotatable bonds is 9. The molecular weight excluding hydrogens is 521 g/mol. The lowest BCUT2D eigenvalue weighted by Gasteiger charge is -2.14. The number of hydrogen-bond acceptors (Lipinski definition) is 6. The summed E-state index contributed by atoms with van der Waals surface area (Å²) in [6.07, 6.45) is 0. The third-order valence-corrected chi connectivity index (χ3v) is 6.67. The Morgan fingerprint density at radius 1 is 1.00 bits per heavy atom. The maximum absolute atomic E-state index is 12.6. The molecule has 0 bridgehead atoms. The highest BCUT2D eigenvalue weighted by Crippen LogP contribution is 2.31. The summed E-state index contributed by atoms with van der Waals surface area (Å²) >= 11 is 14.3. The molecule has 4 aromatic rings. The van der Waals surface area contributed by atoms with Crippen LogP contribution in [0.1, 0.15) is 11.4 Å². The number of urea groups is 1. The van der Waals surface area contributed by atoms with E-state index in [1.165, 1.54) is 11.8 Å². The number of methoxy groups -OCH3 is 2. The number of ether oxygens (including phenoxy) is 2. The third kappa shape index (κ3) is 6.23. The van der Waals surface area contributed by atoms with Gasteiger partial charge in [0.25, 0.3) is 0 Å². The van der Waals surface area contributed by atoms with Gasteiger partial charge in [-0.2, -0.15) is 0 Å². The molecule has 0 fully saturated rings. The number of para-hydroxylation sites is 2. The van der Waals surface area contributed by atoms with Crippen LogP contribution in [-0.2, 0) is 12.3 Å². The van der Waals surface area contributed by atoms with E-state index in [2.05, 4.69) is 20.8 Å². The number of aromatic nitrogens is 3. The minimum absolute atomic E-state index is 0.0938. The average Bonchev–Trinajstić information content (AvgIpc) is 3.30. The van der Waals surface area contributed by atoms with Gasteiger partial charge in [0.1, 0.15) is 11.5 Å². The van der Waals surface area contributed by atoms with Crippen molar-refractivity contribution in [2.24, 2.45) is 0 Å². The first-order valence-corrected chi connectivity index (χ1v) is 12.6. The van der Waals surface area contributed by atoms with E-state index in [-0.39, 0.29) is 6.54 Å². The lowest BCUT2D eigenvalue weighted by atomic mass is 10.2. The van der Waals surface area contributed by atoms with E-state index in [9.17, 15) is 4.79 Å². The Morgan fingerprint density at radius 2 is 1.83 bits per heavy atom. The molecule has 1 heterocycles. The summed E-state index contributed by atoms with van der Waals surface area (Å²) in [6, 6.07) is 19.7. The van der Waals surface area contributed by atoms with Crippen molar-refractivity contribution in [2.75, 3.05) is 19.5 Å². The lowest BCUT2D eigenvalue weighted by molar-refractivity contribution is 0.251. The Labute approximate surface area is 222 Å². The molecule has 0 saturated carbocycles. The van der Waals surface area contributed by atoms with Gasteiger partial charge in [0.2, 0.25) is 0 Å². The molecule has 2 amide bonds. The van der Waals surface area contributed by atoms with E-state index in [4.69, 9.17) is 32.7 Å². The number of thioether (sulfide) groups is 1. The van der Waals surface area contributed by atoms with E-state index in [0.717, 1.165) is 11.3 Å². The Morgan fingerprint density at radius 3 is 2.64 bits per heavy atom. The molecular formula is C25H23Cl2N5O3S. The fourth-order valence-electron chi connectivity index (χ4n) is 3.39. The number of hydrogen-bond donors (Lipinski definition) is 2. The highest BCUT2D eigenvalue weighted by Gasteiger charge is 2.18. The Bertz CT molecular complexity index is 1370. The summed E-state index contributed by atoms with van der Waals surface area (Å²) in [5.41, 5.74) is 2.22. The van der Waals surface area contributed by atoms with Crippen molar-refractivity contribution in [1.82, 2.24) is 20.1 Å². The van der Waals surface area contributed by atoms with E-state index in [1.807, 2.05) is 36.4 Å². The zero-order valence-corrected chi connectivity index (χ0v) is 21.8. The average molecular weight is 544 g/mol. The van der Waals surface area contributed by atoms with Crippen molar-refractivity contribution in [3.63, 3.8) is 0 Å². The number of carbonyl (C=O) groups is 1. The normalized spacial score (nSPS) is 10.7. The minimum Gasteiger partial charge on any atom is -0.497 e. The summed E-state index contributed by atoms with van der Waals surface area (Å²) in [4.78, 5) is 12.6. The zero-order chi connectivity index (χ0) is 25.5. The first-order valence-electron chi connectivity index (χ1n) is 10.8. The van der Waals surface area contributed by atoms with Gasteiger partial charge in [0.05, 0.1) is 37.2 Å². The molecule has 0 atom stereocenters. The van der Waals surface area contributed by atoms with Crippen molar-refractivity contribution < 1.29 is 14.3 Å². The molecule has 0 radical (unpaired) electrons. The predicted molar refractivity (Wildman–Crippen MR) is 143 cm³/mol. The maximum Gasteiger partial charge on any atom is 0.319 e. The fraction of sp³-hybridized carbons (Fsp3) is 0.160. The topological polar surface area (TPSA) is 90.3 Å². The number of anilines is 1. The lowest BCUT2D eigenvalue weighted by Crippen LogP contribution is -2.29. The molecule has 8 nitrogen and oxygen atoms in total. The van der Waals surface area contributed by atoms with Gasteiger partial charge in [-0.05, 0) is 48.0 Å². The molecule has 4 rings (SSSR count). The van der Waals surface area contributed by atoms with Crippen LogP contribution in [0.25, 0.3) is 5.69 Å². The van der Waals surface area contributed by atoms with Gasteiger partial charge in [-0.15, -0.1) is 10.2 Å². The number of nitrogens with one attached hydrogen (secondary N) is 2. The first kappa shape index (κ1) is 25.7. The third-order valence-electron chi connectivity index (χ3n) is 5.11. The van der Waals surface area contributed by atoms with E-state index >= 15 is 0 Å². The smallest absolute Gasteiger partial charge is 0.319 e. The predicted octanol–water partition coefficient (Wildman–Crippen LogP) is 6.21. The molecule has 0 saturated heterocycles. The van der Waals surface area contributed by atoms with Gasteiger partial charge in [-0.1, -0.05) is 59.2 Å². The van der Waals surface area contributed by atoms with E-state index in [0.29, 0.717) is 43.9 Å². The van der Waals surface area contributed by atoms with Crippen LogP contribution in [0.3, 0.4) is 0 Å². The minimum atomic E-state index is -0.420. The van der Waals surface area contributed by atoms with Crippen LogP contribution < -0.4 is 20.1 Å². The highest BCUT2D eigenvalue weighted by atomic mass is 35.5. The molecule has 0 unspecified atom stereocenters. The highest BCUT2D eigenvalue weighted by molar-refractivity contribution is 7.98. The molecule has 11 heteroatoms. The molecule has 0 spiro atoms. The van der Waals surface area contributed by atoms with Crippen LogP contribution >= 0.6 is 35.0 Å². The number of nitrogens with zero attached hydrogens (tertiary/aromatic N) is 3. The second kappa shape index (κ2) is 12.0. The summed E-state index contributed by atoms with van der Waals surface area (Å²) in [6.45, 7) is 0.0938. The molecule has 186 valence electrons. The molecule has 0 aliphatic heterocycles. The van der Waals surface area contributed by atoms with Crippen LogP contribution in [0.5, 0.6) is 11.5 Å². The maximum atomic E-state index is 12.6. The molecule has 36 heavy (non-hydrogen) atoms. The van der Waals surface area contributed by atoms with Crippen LogP contribution in [-0.4, -0.2) is 35.0 Å².